The molecule has 0 amide bonds. The third-order valence-corrected chi connectivity index (χ3v) is 4.14. The van der Waals surface area contributed by atoms with Crippen molar-refractivity contribution in [3.8, 4) is 0 Å². The van der Waals surface area contributed by atoms with Crippen LogP contribution in [0.1, 0.15) is 37.2 Å². The van der Waals surface area contributed by atoms with E-state index in [4.69, 9.17) is 0 Å². The molecule has 3 nitrogen and oxygen atoms in total. The minimum absolute atomic E-state index is 0.149. The fraction of sp³-hybridized carbons (Fsp3) is 0.375. The Bertz CT molecular complexity index is 608. The summed E-state index contributed by atoms with van der Waals surface area (Å²) < 4.78 is 0. The number of aromatic nitrogens is 1. The first-order valence-corrected chi connectivity index (χ1v) is 6.83. The van der Waals surface area contributed by atoms with E-state index in [-0.39, 0.29) is 11.8 Å². The number of pyridine rings is 1. The molecule has 2 unspecified atom stereocenters. The Morgan fingerprint density at radius 1 is 1.21 bits per heavy atom. The lowest BCUT2D eigenvalue weighted by Crippen LogP contribution is -2.25. The zero-order valence-electron chi connectivity index (χ0n) is 10.7. The maximum Gasteiger partial charge on any atom is 0.307 e. The van der Waals surface area contributed by atoms with Gasteiger partial charge in [0.1, 0.15) is 0 Å². The van der Waals surface area contributed by atoms with Crippen LogP contribution in [0.25, 0.3) is 10.9 Å². The third kappa shape index (κ3) is 2.33. The fourth-order valence-electron chi connectivity index (χ4n) is 3.15. The molecule has 1 aliphatic rings. The first-order valence-electron chi connectivity index (χ1n) is 6.83. The second-order valence-electron chi connectivity index (χ2n) is 5.29. The van der Waals surface area contributed by atoms with Crippen LogP contribution in [0.4, 0.5) is 0 Å². The number of carbonyl (C=O) groups is 1. The van der Waals surface area contributed by atoms with Crippen molar-refractivity contribution in [3.05, 3.63) is 42.1 Å². The summed E-state index contributed by atoms with van der Waals surface area (Å²) in [6, 6.07) is 10.1. The second kappa shape index (κ2) is 5.00. The maximum atomic E-state index is 11.4. The van der Waals surface area contributed by atoms with Gasteiger partial charge < -0.3 is 5.11 Å². The molecule has 0 bridgehead atoms. The zero-order chi connectivity index (χ0) is 13.2. The van der Waals surface area contributed by atoms with E-state index in [0.717, 1.165) is 42.1 Å². The van der Waals surface area contributed by atoms with Gasteiger partial charge in [0.05, 0.1) is 11.4 Å². The topological polar surface area (TPSA) is 50.2 Å². The van der Waals surface area contributed by atoms with Gasteiger partial charge >= 0.3 is 5.97 Å². The van der Waals surface area contributed by atoms with Crippen LogP contribution >= 0.6 is 0 Å². The molecule has 1 aromatic carbocycles. The van der Waals surface area contributed by atoms with E-state index in [1.54, 1.807) is 6.20 Å². The monoisotopic (exact) mass is 255 g/mol. The first-order chi connectivity index (χ1) is 9.25. The van der Waals surface area contributed by atoms with Crippen LogP contribution in [0, 0.1) is 5.92 Å². The number of aliphatic carboxylic acids is 1. The molecule has 0 aliphatic heterocycles. The molecule has 1 N–H and O–H groups in total. The van der Waals surface area contributed by atoms with Gasteiger partial charge in [0, 0.05) is 11.6 Å². The number of hydrogen-bond acceptors (Lipinski definition) is 2. The van der Waals surface area contributed by atoms with Crippen LogP contribution in [-0.4, -0.2) is 16.1 Å². The van der Waals surface area contributed by atoms with E-state index in [0.29, 0.717) is 0 Å². The average molecular weight is 255 g/mol. The van der Waals surface area contributed by atoms with Crippen LogP contribution in [0.2, 0.25) is 0 Å². The van der Waals surface area contributed by atoms with Crippen molar-refractivity contribution in [3.63, 3.8) is 0 Å². The number of carboxylic acids is 1. The number of nitrogens with zero attached hydrogens (tertiary/aromatic N) is 1. The van der Waals surface area contributed by atoms with Gasteiger partial charge in [-0.2, -0.15) is 0 Å². The molecule has 98 valence electrons. The predicted octanol–water partition coefficient (Wildman–Crippen LogP) is 3.59. The van der Waals surface area contributed by atoms with Crippen LogP contribution in [-0.2, 0) is 4.79 Å². The molecule has 0 saturated heterocycles. The Hall–Kier alpha value is -1.90. The van der Waals surface area contributed by atoms with Crippen molar-refractivity contribution in [1.82, 2.24) is 4.98 Å². The molecular formula is C16H17NO2. The molecular weight excluding hydrogens is 238 g/mol. The Labute approximate surface area is 112 Å². The predicted molar refractivity (Wildman–Crippen MR) is 74.1 cm³/mol. The number of rotatable bonds is 2. The molecule has 2 atom stereocenters. The van der Waals surface area contributed by atoms with Crippen LogP contribution in [0.15, 0.2) is 36.5 Å². The lowest BCUT2D eigenvalue weighted by atomic mass is 9.75. The number of hydrogen-bond donors (Lipinski definition) is 1. The van der Waals surface area contributed by atoms with Gasteiger partial charge in [0.25, 0.3) is 0 Å². The highest BCUT2D eigenvalue weighted by Crippen LogP contribution is 2.38. The quantitative estimate of drug-likeness (QED) is 0.892. The van der Waals surface area contributed by atoms with Crippen molar-refractivity contribution in [1.29, 1.82) is 0 Å². The molecule has 1 aromatic heterocycles. The summed E-state index contributed by atoms with van der Waals surface area (Å²) in [5, 5.41) is 10.5. The molecule has 3 rings (SSSR count). The highest BCUT2D eigenvalue weighted by Gasteiger charge is 2.31. The average Bonchev–Trinajstić information content (AvgIpc) is 2.46. The van der Waals surface area contributed by atoms with E-state index in [2.05, 4.69) is 11.1 Å². The molecule has 0 radical (unpaired) electrons. The molecule has 1 heterocycles. The summed E-state index contributed by atoms with van der Waals surface area (Å²) in [5.74, 6) is -0.741. The summed E-state index contributed by atoms with van der Waals surface area (Å²) in [6.07, 6.45) is 5.71. The zero-order valence-corrected chi connectivity index (χ0v) is 10.7. The molecule has 0 spiro atoms. The van der Waals surface area contributed by atoms with E-state index >= 15 is 0 Å². The minimum Gasteiger partial charge on any atom is -0.481 e. The highest BCUT2D eigenvalue weighted by atomic mass is 16.4. The molecule has 1 aliphatic carbocycles. The Morgan fingerprint density at radius 2 is 2.05 bits per heavy atom. The summed E-state index contributed by atoms with van der Waals surface area (Å²) in [6.45, 7) is 0. The number of fused-ring (bicyclic) bond motifs is 1. The summed E-state index contributed by atoms with van der Waals surface area (Å²) >= 11 is 0. The highest BCUT2D eigenvalue weighted by molar-refractivity contribution is 5.79. The van der Waals surface area contributed by atoms with Gasteiger partial charge in [-0.1, -0.05) is 25.0 Å². The summed E-state index contributed by atoms with van der Waals surface area (Å²) in [4.78, 5) is 15.7. The molecule has 19 heavy (non-hydrogen) atoms. The lowest BCUT2D eigenvalue weighted by Gasteiger charge is -2.29. The van der Waals surface area contributed by atoms with Gasteiger partial charge in [-0.25, -0.2) is 0 Å². The molecule has 1 saturated carbocycles. The van der Waals surface area contributed by atoms with Gasteiger partial charge in [0.15, 0.2) is 0 Å². The Morgan fingerprint density at radius 3 is 2.89 bits per heavy atom. The van der Waals surface area contributed by atoms with Crippen LogP contribution < -0.4 is 0 Å². The normalized spacial score (nSPS) is 23.4. The Balaban J connectivity index is 1.99. The van der Waals surface area contributed by atoms with Gasteiger partial charge in [0.2, 0.25) is 0 Å². The largest absolute Gasteiger partial charge is 0.481 e. The van der Waals surface area contributed by atoms with Crippen LogP contribution in [0.3, 0.4) is 0 Å². The van der Waals surface area contributed by atoms with Crippen LogP contribution in [0.5, 0.6) is 0 Å². The lowest BCUT2D eigenvalue weighted by molar-refractivity contribution is -0.143. The van der Waals surface area contributed by atoms with Crippen molar-refractivity contribution < 1.29 is 9.90 Å². The molecule has 2 aromatic rings. The smallest absolute Gasteiger partial charge is 0.307 e. The standard InChI is InChI=1S/C16H17NO2/c18-16(19)14-6-2-1-5-13(14)11-7-8-15-12(10-11)4-3-9-17-15/h3-4,7-10,13-14H,1-2,5-6H2,(H,18,19). The van der Waals surface area contributed by atoms with Gasteiger partial charge in [-0.05, 0) is 42.5 Å². The summed E-state index contributed by atoms with van der Waals surface area (Å²) in [5.41, 5.74) is 2.11. The van der Waals surface area contributed by atoms with E-state index in [1.807, 2.05) is 24.3 Å². The maximum absolute atomic E-state index is 11.4. The van der Waals surface area contributed by atoms with Crippen molar-refractivity contribution in [2.75, 3.05) is 0 Å². The summed E-state index contributed by atoms with van der Waals surface area (Å²) in [7, 11) is 0. The van der Waals surface area contributed by atoms with Crippen molar-refractivity contribution in [2.24, 2.45) is 5.92 Å². The first kappa shape index (κ1) is 12.2. The van der Waals surface area contributed by atoms with Crippen molar-refractivity contribution in [2.45, 2.75) is 31.6 Å². The van der Waals surface area contributed by atoms with E-state index < -0.39 is 5.97 Å². The number of carboxylic acid groups (broad SMARTS) is 1. The van der Waals surface area contributed by atoms with E-state index in [9.17, 15) is 9.90 Å². The third-order valence-electron chi connectivity index (χ3n) is 4.14. The minimum atomic E-state index is -0.656. The van der Waals surface area contributed by atoms with Gasteiger partial charge in [-0.3, -0.25) is 9.78 Å². The molecule has 3 heteroatoms. The second-order valence-corrected chi connectivity index (χ2v) is 5.29. The Kier molecular flexibility index (Phi) is 3.20. The van der Waals surface area contributed by atoms with Gasteiger partial charge in [-0.15, -0.1) is 0 Å². The van der Waals surface area contributed by atoms with E-state index in [1.165, 1.54) is 0 Å². The fourth-order valence-corrected chi connectivity index (χ4v) is 3.15. The SMILES string of the molecule is O=C(O)C1CCCCC1c1ccc2ncccc2c1. The van der Waals surface area contributed by atoms with Crippen molar-refractivity contribution >= 4 is 16.9 Å². The molecule has 1 fully saturated rings. The number of benzene rings is 1.